The molecule has 3 heterocycles. The van der Waals surface area contributed by atoms with Crippen molar-refractivity contribution in [3.8, 4) is 22.8 Å². The average Bonchev–Trinajstić information content (AvgIpc) is 3.44. The first-order chi connectivity index (χ1) is 13.3. The number of hydrogen-bond acceptors (Lipinski definition) is 6. The summed E-state index contributed by atoms with van der Waals surface area (Å²) < 4.78 is 21.4. The maximum Gasteiger partial charge on any atom is 0.258 e. The van der Waals surface area contributed by atoms with Gasteiger partial charge >= 0.3 is 0 Å². The molecule has 5 rings (SSSR count). The van der Waals surface area contributed by atoms with Crippen molar-refractivity contribution in [3.05, 3.63) is 66.6 Å². The molecular formula is C18H12FN7O. The van der Waals surface area contributed by atoms with Crippen LogP contribution in [0.25, 0.3) is 33.7 Å². The minimum absolute atomic E-state index is 0.298. The van der Waals surface area contributed by atoms with E-state index in [9.17, 15) is 4.39 Å². The average molecular weight is 361 g/mol. The van der Waals surface area contributed by atoms with Crippen LogP contribution in [0.3, 0.4) is 0 Å². The van der Waals surface area contributed by atoms with Gasteiger partial charge in [0.05, 0.1) is 23.8 Å². The second kappa shape index (κ2) is 6.13. The fourth-order valence-corrected chi connectivity index (χ4v) is 2.91. The largest absolute Gasteiger partial charge is 0.334 e. The molecule has 0 unspecified atom stereocenters. The monoisotopic (exact) mass is 361 g/mol. The Kier molecular flexibility index (Phi) is 3.49. The highest BCUT2D eigenvalue weighted by molar-refractivity contribution is 5.92. The van der Waals surface area contributed by atoms with Crippen LogP contribution in [0.15, 0.2) is 59.8 Å². The van der Waals surface area contributed by atoms with Gasteiger partial charge in [-0.1, -0.05) is 23.4 Å². The van der Waals surface area contributed by atoms with E-state index in [1.807, 2.05) is 18.2 Å². The Morgan fingerprint density at radius 3 is 3.00 bits per heavy atom. The van der Waals surface area contributed by atoms with E-state index in [1.165, 1.54) is 18.7 Å². The van der Waals surface area contributed by atoms with Crippen molar-refractivity contribution in [1.82, 2.24) is 35.1 Å². The molecule has 0 saturated heterocycles. The van der Waals surface area contributed by atoms with Crippen LogP contribution >= 0.6 is 0 Å². The van der Waals surface area contributed by atoms with E-state index in [2.05, 4.69) is 30.4 Å². The Morgan fingerprint density at radius 1 is 1.19 bits per heavy atom. The van der Waals surface area contributed by atoms with Crippen molar-refractivity contribution in [2.24, 2.45) is 0 Å². The van der Waals surface area contributed by atoms with Crippen molar-refractivity contribution >= 4 is 10.9 Å². The molecule has 0 aliphatic rings. The number of hydrogen-bond donors (Lipinski definition) is 1. The molecule has 0 atom stereocenters. The predicted molar refractivity (Wildman–Crippen MR) is 93.9 cm³/mol. The van der Waals surface area contributed by atoms with Gasteiger partial charge < -0.3 is 4.52 Å². The highest BCUT2D eigenvalue weighted by Gasteiger charge is 2.15. The predicted octanol–water partition coefficient (Wildman–Crippen LogP) is 3.06. The van der Waals surface area contributed by atoms with E-state index in [-0.39, 0.29) is 5.82 Å². The summed E-state index contributed by atoms with van der Waals surface area (Å²) in [5, 5.41) is 15.8. The summed E-state index contributed by atoms with van der Waals surface area (Å²) in [7, 11) is 0. The summed E-state index contributed by atoms with van der Waals surface area (Å²) in [5.41, 5.74) is 2.67. The first-order valence-electron chi connectivity index (χ1n) is 8.15. The van der Waals surface area contributed by atoms with Crippen LogP contribution in [0.1, 0.15) is 5.56 Å². The topological polar surface area (TPSA) is 98.3 Å². The Morgan fingerprint density at radius 2 is 2.15 bits per heavy atom. The quantitative estimate of drug-likeness (QED) is 0.528. The number of fused-ring (bicyclic) bond motifs is 1. The molecule has 9 heteroatoms. The van der Waals surface area contributed by atoms with Crippen LogP contribution in [-0.2, 0) is 6.54 Å². The number of aromatic amines is 1. The second-order valence-corrected chi connectivity index (χ2v) is 5.96. The molecule has 0 aliphatic heterocycles. The van der Waals surface area contributed by atoms with Crippen molar-refractivity contribution in [1.29, 1.82) is 0 Å². The smallest absolute Gasteiger partial charge is 0.258 e. The summed E-state index contributed by atoms with van der Waals surface area (Å²) >= 11 is 0. The van der Waals surface area contributed by atoms with E-state index in [1.54, 1.807) is 23.0 Å². The molecule has 0 saturated carbocycles. The fourth-order valence-electron chi connectivity index (χ4n) is 2.91. The van der Waals surface area contributed by atoms with E-state index in [0.29, 0.717) is 29.4 Å². The number of rotatable bonds is 4. The highest BCUT2D eigenvalue weighted by atomic mass is 19.1. The minimum Gasteiger partial charge on any atom is -0.334 e. The Labute approximate surface area is 151 Å². The van der Waals surface area contributed by atoms with Gasteiger partial charge in [-0.3, -0.25) is 5.10 Å². The van der Waals surface area contributed by atoms with Crippen molar-refractivity contribution < 1.29 is 8.91 Å². The van der Waals surface area contributed by atoms with E-state index in [0.717, 1.165) is 16.5 Å². The third-order valence-corrected chi connectivity index (χ3v) is 4.25. The van der Waals surface area contributed by atoms with Crippen LogP contribution in [0.2, 0.25) is 0 Å². The SMILES string of the molecule is Fc1cc(-c2noc(-c3cccc4[nH]ncc34)n2)ccc1Cn1cncn1. The Balaban J connectivity index is 1.47. The lowest BCUT2D eigenvalue weighted by atomic mass is 10.1. The third-order valence-electron chi connectivity index (χ3n) is 4.25. The van der Waals surface area contributed by atoms with Crippen molar-refractivity contribution in [2.75, 3.05) is 0 Å². The Bertz CT molecular complexity index is 1230. The first kappa shape index (κ1) is 15.4. The number of nitrogens with zero attached hydrogens (tertiary/aromatic N) is 6. The fraction of sp³-hybridized carbons (Fsp3) is 0.0556. The third kappa shape index (κ3) is 2.74. The highest BCUT2D eigenvalue weighted by Crippen LogP contribution is 2.28. The molecule has 8 nitrogen and oxygen atoms in total. The van der Waals surface area contributed by atoms with Crippen LogP contribution in [-0.4, -0.2) is 35.1 Å². The number of aromatic nitrogens is 7. The molecule has 0 radical (unpaired) electrons. The summed E-state index contributed by atoms with van der Waals surface area (Å²) in [5.74, 6) is 0.298. The van der Waals surface area contributed by atoms with Crippen molar-refractivity contribution in [2.45, 2.75) is 6.54 Å². The van der Waals surface area contributed by atoms with Gasteiger partial charge in [-0.25, -0.2) is 14.1 Å². The number of H-pyrrole nitrogens is 1. The number of benzene rings is 2. The molecule has 0 bridgehead atoms. The van der Waals surface area contributed by atoms with Crippen LogP contribution in [0, 0.1) is 5.82 Å². The van der Waals surface area contributed by atoms with E-state index < -0.39 is 0 Å². The zero-order valence-corrected chi connectivity index (χ0v) is 13.9. The van der Waals surface area contributed by atoms with Crippen LogP contribution in [0.4, 0.5) is 4.39 Å². The van der Waals surface area contributed by atoms with E-state index in [4.69, 9.17) is 4.52 Å². The van der Waals surface area contributed by atoms with Crippen LogP contribution < -0.4 is 0 Å². The molecule has 0 spiro atoms. The minimum atomic E-state index is -0.369. The molecule has 2 aromatic carbocycles. The summed E-state index contributed by atoms with van der Waals surface area (Å²) in [6.45, 7) is 0.298. The number of nitrogens with one attached hydrogen (secondary N) is 1. The lowest BCUT2D eigenvalue weighted by molar-refractivity contribution is 0.432. The standard InChI is InChI=1S/C18H12FN7O/c19-15-6-11(4-5-12(15)8-26-10-20-9-22-26)17-23-18(27-25-17)13-2-1-3-16-14(13)7-21-24-16/h1-7,9-10H,8H2,(H,21,24). The second-order valence-electron chi connectivity index (χ2n) is 5.96. The van der Waals surface area contributed by atoms with Gasteiger partial charge in [0.2, 0.25) is 5.82 Å². The molecular weight excluding hydrogens is 349 g/mol. The molecule has 1 N–H and O–H groups in total. The maximum atomic E-state index is 14.5. The normalized spacial score (nSPS) is 11.3. The summed E-state index contributed by atoms with van der Waals surface area (Å²) in [6.07, 6.45) is 4.65. The van der Waals surface area contributed by atoms with Gasteiger partial charge in [0.25, 0.3) is 5.89 Å². The lowest BCUT2D eigenvalue weighted by Gasteiger charge is -2.04. The molecule has 5 aromatic rings. The summed E-state index contributed by atoms with van der Waals surface area (Å²) in [4.78, 5) is 8.27. The van der Waals surface area contributed by atoms with Gasteiger partial charge in [0.15, 0.2) is 0 Å². The maximum absolute atomic E-state index is 14.5. The van der Waals surface area contributed by atoms with Crippen LogP contribution in [0.5, 0.6) is 0 Å². The van der Waals surface area contributed by atoms with Gasteiger partial charge in [-0.05, 0) is 18.2 Å². The molecule has 0 aliphatic carbocycles. The van der Waals surface area contributed by atoms with Crippen molar-refractivity contribution in [3.63, 3.8) is 0 Å². The van der Waals surface area contributed by atoms with E-state index >= 15 is 0 Å². The first-order valence-corrected chi connectivity index (χ1v) is 8.15. The zero-order valence-electron chi connectivity index (χ0n) is 13.9. The van der Waals surface area contributed by atoms with Gasteiger partial charge in [-0.15, -0.1) is 0 Å². The zero-order chi connectivity index (χ0) is 18.2. The molecule has 3 aromatic heterocycles. The molecule has 0 fully saturated rings. The van der Waals surface area contributed by atoms with Gasteiger partial charge in [0.1, 0.15) is 18.5 Å². The van der Waals surface area contributed by atoms with Gasteiger partial charge in [-0.2, -0.15) is 15.2 Å². The number of halogens is 1. The lowest BCUT2D eigenvalue weighted by Crippen LogP contribution is -2.02. The molecule has 132 valence electrons. The van der Waals surface area contributed by atoms with Gasteiger partial charge in [0, 0.05) is 16.5 Å². The molecule has 0 amide bonds. The Hall–Kier alpha value is -3.88. The summed E-state index contributed by atoms with van der Waals surface area (Å²) in [6, 6.07) is 10.5. The molecule has 27 heavy (non-hydrogen) atoms.